The van der Waals surface area contributed by atoms with Crippen molar-refractivity contribution in [1.29, 1.82) is 0 Å². The summed E-state index contributed by atoms with van der Waals surface area (Å²) in [6, 6.07) is 0. The van der Waals surface area contributed by atoms with Crippen molar-refractivity contribution in [3.05, 3.63) is 12.7 Å². The first-order chi connectivity index (χ1) is 10.7. The van der Waals surface area contributed by atoms with Crippen molar-refractivity contribution in [2.75, 3.05) is 59.5 Å². The molecule has 0 bridgehead atoms. The van der Waals surface area contributed by atoms with Crippen LogP contribution < -0.4 is 0 Å². The molecule has 0 aromatic rings. The van der Waals surface area contributed by atoms with Gasteiger partial charge in [0.05, 0.1) is 59.3 Å². The zero-order chi connectivity index (χ0) is 16.5. The standard InChI is InChI=1S/C14H24O8/c1-2-14(17)22-12-11-21-10-9-20-8-7-19-6-5-18-4-3-13(15)16/h2H,1,3-12H2,(H,15,16). The lowest BCUT2D eigenvalue weighted by atomic mass is 10.5. The molecule has 22 heavy (non-hydrogen) atoms. The second kappa shape index (κ2) is 15.9. The van der Waals surface area contributed by atoms with E-state index in [-0.39, 0.29) is 19.6 Å². The van der Waals surface area contributed by atoms with Gasteiger partial charge >= 0.3 is 11.9 Å². The molecule has 0 aliphatic heterocycles. The topological polar surface area (TPSA) is 101 Å². The maximum atomic E-state index is 10.7. The van der Waals surface area contributed by atoms with Crippen molar-refractivity contribution >= 4 is 11.9 Å². The van der Waals surface area contributed by atoms with Crippen LogP contribution in [0.15, 0.2) is 12.7 Å². The first kappa shape index (κ1) is 20.5. The molecule has 0 unspecified atom stereocenters. The Morgan fingerprint density at radius 3 is 1.59 bits per heavy atom. The van der Waals surface area contributed by atoms with Crippen LogP contribution in [0.25, 0.3) is 0 Å². The molecule has 128 valence electrons. The van der Waals surface area contributed by atoms with Crippen LogP contribution in [0.4, 0.5) is 0 Å². The van der Waals surface area contributed by atoms with Gasteiger partial charge in [-0.2, -0.15) is 0 Å². The monoisotopic (exact) mass is 320 g/mol. The Hall–Kier alpha value is -1.48. The summed E-state index contributed by atoms with van der Waals surface area (Å²) < 4.78 is 25.4. The number of carboxylic acid groups (broad SMARTS) is 1. The van der Waals surface area contributed by atoms with E-state index in [0.29, 0.717) is 46.2 Å². The molecule has 1 N–H and O–H groups in total. The second-order valence-electron chi connectivity index (χ2n) is 3.96. The van der Waals surface area contributed by atoms with E-state index in [4.69, 9.17) is 28.8 Å². The van der Waals surface area contributed by atoms with Gasteiger partial charge in [-0.25, -0.2) is 4.79 Å². The molecule has 0 aromatic heterocycles. The first-order valence-corrected chi connectivity index (χ1v) is 6.98. The van der Waals surface area contributed by atoms with Gasteiger partial charge in [0, 0.05) is 6.08 Å². The number of esters is 1. The molecule has 0 amide bonds. The van der Waals surface area contributed by atoms with Crippen molar-refractivity contribution in [2.45, 2.75) is 6.42 Å². The highest BCUT2D eigenvalue weighted by atomic mass is 16.6. The van der Waals surface area contributed by atoms with Crippen LogP contribution >= 0.6 is 0 Å². The Morgan fingerprint density at radius 1 is 0.773 bits per heavy atom. The molecule has 8 nitrogen and oxygen atoms in total. The van der Waals surface area contributed by atoms with Crippen LogP contribution in [-0.2, 0) is 33.3 Å². The maximum absolute atomic E-state index is 10.7. The SMILES string of the molecule is C=CC(=O)OCCOCCOCCOCCOCCC(=O)O. The van der Waals surface area contributed by atoms with Crippen molar-refractivity contribution in [3.63, 3.8) is 0 Å². The van der Waals surface area contributed by atoms with Gasteiger partial charge in [0.15, 0.2) is 0 Å². The Labute approximate surface area is 129 Å². The summed E-state index contributed by atoms with van der Waals surface area (Å²) in [5, 5.41) is 8.38. The summed E-state index contributed by atoms with van der Waals surface area (Å²) >= 11 is 0. The van der Waals surface area contributed by atoms with Gasteiger partial charge in [-0.15, -0.1) is 0 Å². The van der Waals surface area contributed by atoms with Crippen LogP contribution in [0.3, 0.4) is 0 Å². The summed E-state index contributed by atoms with van der Waals surface area (Å²) in [5.74, 6) is -1.35. The molecule has 0 saturated carbocycles. The van der Waals surface area contributed by atoms with Gasteiger partial charge in [0.25, 0.3) is 0 Å². The van der Waals surface area contributed by atoms with Gasteiger partial charge in [-0.1, -0.05) is 6.58 Å². The highest BCUT2D eigenvalue weighted by molar-refractivity contribution is 5.81. The van der Waals surface area contributed by atoms with Crippen LogP contribution in [0.1, 0.15) is 6.42 Å². The van der Waals surface area contributed by atoms with Gasteiger partial charge in [0.1, 0.15) is 6.61 Å². The van der Waals surface area contributed by atoms with E-state index in [2.05, 4.69) is 6.58 Å². The Bertz CT molecular complexity index is 305. The predicted octanol–water partition coefficient (Wildman–Crippen LogP) is 0.257. The van der Waals surface area contributed by atoms with Crippen LogP contribution in [0, 0.1) is 0 Å². The third kappa shape index (κ3) is 16.6. The number of rotatable bonds is 16. The van der Waals surface area contributed by atoms with E-state index in [9.17, 15) is 9.59 Å². The fourth-order valence-corrected chi connectivity index (χ4v) is 1.18. The summed E-state index contributed by atoms with van der Waals surface area (Å²) in [7, 11) is 0. The Kier molecular flexibility index (Phi) is 14.8. The van der Waals surface area contributed by atoms with E-state index in [1.807, 2.05) is 0 Å². The molecule has 0 heterocycles. The normalized spacial score (nSPS) is 10.4. The number of aliphatic carboxylic acids is 1. The summed E-state index contributed by atoms with van der Waals surface area (Å²) in [6.45, 7) is 6.42. The molecule has 0 saturated heterocycles. The zero-order valence-electron chi connectivity index (χ0n) is 12.7. The summed E-state index contributed by atoms with van der Waals surface area (Å²) in [4.78, 5) is 20.9. The number of carbonyl (C=O) groups excluding carboxylic acids is 1. The molecule has 0 atom stereocenters. The van der Waals surface area contributed by atoms with Crippen molar-refractivity contribution in [3.8, 4) is 0 Å². The fraction of sp³-hybridized carbons (Fsp3) is 0.714. The van der Waals surface area contributed by atoms with Gasteiger partial charge in [-0.05, 0) is 0 Å². The molecule has 0 rings (SSSR count). The number of carboxylic acids is 1. The van der Waals surface area contributed by atoms with Gasteiger partial charge in [0.2, 0.25) is 0 Å². The lowest BCUT2D eigenvalue weighted by molar-refractivity contribution is -0.139. The fourth-order valence-electron chi connectivity index (χ4n) is 1.18. The van der Waals surface area contributed by atoms with E-state index in [1.54, 1.807) is 0 Å². The first-order valence-electron chi connectivity index (χ1n) is 6.98. The maximum Gasteiger partial charge on any atom is 0.330 e. The molecule has 0 aliphatic rings. The number of carbonyl (C=O) groups is 2. The summed E-state index contributed by atoms with van der Waals surface area (Å²) in [5.41, 5.74) is 0. The highest BCUT2D eigenvalue weighted by Crippen LogP contribution is 1.86. The van der Waals surface area contributed by atoms with E-state index in [1.165, 1.54) is 0 Å². The van der Waals surface area contributed by atoms with Crippen molar-refractivity contribution in [1.82, 2.24) is 0 Å². The smallest absolute Gasteiger partial charge is 0.330 e. The lowest BCUT2D eigenvalue weighted by Crippen LogP contribution is -2.14. The minimum Gasteiger partial charge on any atom is -0.481 e. The molecule has 0 spiro atoms. The number of hydrogen-bond acceptors (Lipinski definition) is 7. The molecule has 0 radical (unpaired) electrons. The van der Waals surface area contributed by atoms with E-state index < -0.39 is 11.9 Å². The lowest BCUT2D eigenvalue weighted by Gasteiger charge is -2.07. The number of hydrogen-bond donors (Lipinski definition) is 1. The Balaban J connectivity index is 3.04. The minimum atomic E-state index is -0.879. The molecular weight excluding hydrogens is 296 g/mol. The third-order valence-corrected chi connectivity index (χ3v) is 2.21. The molecule has 0 fully saturated rings. The van der Waals surface area contributed by atoms with Crippen LogP contribution in [0.5, 0.6) is 0 Å². The van der Waals surface area contributed by atoms with E-state index >= 15 is 0 Å². The average Bonchev–Trinajstić information content (AvgIpc) is 2.50. The average molecular weight is 320 g/mol. The van der Waals surface area contributed by atoms with Gasteiger partial charge in [-0.3, -0.25) is 4.79 Å². The van der Waals surface area contributed by atoms with Crippen LogP contribution in [-0.4, -0.2) is 76.5 Å². The molecule has 8 heteroatoms. The highest BCUT2D eigenvalue weighted by Gasteiger charge is 1.97. The summed E-state index contributed by atoms with van der Waals surface area (Å²) in [6.07, 6.45) is 1.09. The number of ether oxygens (including phenoxy) is 5. The van der Waals surface area contributed by atoms with Gasteiger partial charge < -0.3 is 28.8 Å². The largest absolute Gasteiger partial charge is 0.481 e. The van der Waals surface area contributed by atoms with E-state index in [0.717, 1.165) is 6.08 Å². The minimum absolute atomic E-state index is 0.00407. The zero-order valence-corrected chi connectivity index (χ0v) is 12.7. The molecule has 0 aromatic carbocycles. The Morgan fingerprint density at radius 2 is 1.18 bits per heavy atom. The predicted molar refractivity (Wildman–Crippen MR) is 76.7 cm³/mol. The molecule has 0 aliphatic carbocycles. The quantitative estimate of drug-likeness (QED) is 0.245. The van der Waals surface area contributed by atoms with Crippen molar-refractivity contribution in [2.24, 2.45) is 0 Å². The third-order valence-electron chi connectivity index (χ3n) is 2.21. The van der Waals surface area contributed by atoms with Crippen molar-refractivity contribution < 1.29 is 38.4 Å². The second-order valence-corrected chi connectivity index (χ2v) is 3.96. The molecular formula is C14H24O8. The van der Waals surface area contributed by atoms with Crippen LogP contribution in [0.2, 0.25) is 0 Å².